The van der Waals surface area contributed by atoms with Crippen LogP contribution < -0.4 is 15.5 Å². The third kappa shape index (κ3) is 5.70. The fourth-order valence-electron chi connectivity index (χ4n) is 3.20. The third-order valence-electron chi connectivity index (χ3n) is 4.74. The highest BCUT2D eigenvalue weighted by Crippen LogP contribution is 2.19. The Morgan fingerprint density at radius 1 is 1.03 bits per heavy atom. The van der Waals surface area contributed by atoms with Crippen LogP contribution in [0.25, 0.3) is 0 Å². The Kier molecular flexibility index (Phi) is 6.85. The molecule has 0 aliphatic heterocycles. The minimum absolute atomic E-state index is 0.131. The van der Waals surface area contributed by atoms with Crippen molar-refractivity contribution in [1.29, 1.82) is 0 Å². The lowest BCUT2D eigenvalue weighted by atomic mass is 10.0. The highest BCUT2D eigenvalue weighted by Gasteiger charge is 2.18. The molecule has 0 saturated carbocycles. The molecule has 0 spiro atoms. The van der Waals surface area contributed by atoms with Gasteiger partial charge in [-0.05, 0) is 23.3 Å². The number of rotatable bonds is 8. The van der Waals surface area contributed by atoms with Crippen molar-refractivity contribution in [3.63, 3.8) is 0 Å². The summed E-state index contributed by atoms with van der Waals surface area (Å²) in [6.07, 6.45) is 1.79. The first kappa shape index (κ1) is 21.1. The van der Waals surface area contributed by atoms with Gasteiger partial charge in [-0.25, -0.2) is 4.68 Å². The summed E-state index contributed by atoms with van der Waals surface area (Å²) in [7, 11) is 4.00. The van der Waals surface area contributed by atoms with Crippen molar-refractivity contribution in [3.05, 3.63) is 78.0 Å². The lowest BCUT2D eigenvalue weighted by molar-refractivity contribution is -0.120. The van der Waals surface area contributed by atoms with Gasteiger partial charge in [0.25, 0.3) is 0 Å². The zero-order chi connectivity index (χ0) is 21.5. The molecule has 1 unspecified atom stereocenters. The molecule has 0 fully saturated rings. The second-order valence-electron chi connectivity index (χ2n) is 7.35. The van der Waals surface area contributed by atoms with E-state index in [-0.39, 0.29) is 18.2 Å². The van der Waals surface area contributed by atoms with Crippen molar-refractivity contribution < 1.29 is 9.59 Å². The molecule has 0 aliphatic rings. The number of aromatic nitrogens is 2. The quantitative estimate of drug-likeness (QED) is 0.603. The number of amides is 2. The average Bonchev–Trinajstić information content (AvgIpc) is 3.14. The highest BCUT2D eigenvalue weighted by molar-refractivity contribution is 5.90. The number of carbonyl (C=O) groups is 2. The molecule has 0 radical (unpaired) electrons. The standard InChI is InChI=1S/C23H27N5O2/c1-17(29)25-21(19-7-5-4-6-8-19)15-23(30)26-22-13-14-24-28(22)16-18-9-11-20(12-10-18)27(2)3/h4-14,21H,15-16H2,1-3H3,(H,25,29)(H,26,30). The van der Waals surface area contributed by atoms with Gasteiger partial charge in [0, 0.05) is 32.8 Å². The lowest BCUT2D eigenvalue weighted by Crippen LogP contribution is -2.30. The van der Waals surface area contributed by atoms with E-state index < -0.39 is 6.04 Å². The van der Waals surface area contributed by atoms with Gasteiger partial charge in [-0.15, -0.1) is 0 Å². The number of hydrogen-bond acceptors (Lipinski definition) is 4. The van der Waals surface area contributed by atoms with E-state index in [9.17, 15) is 9.59 Å². The Bertz CT molecular complexity index is 980. The molecule has 0 bridgehead atoms. The van der Waals surface area contributed by atoms with Gasteiger partial charge in [0.05, 0.1) is 25.2 Å². The zero-order valence-electron chi connectivity index (χ0n) is 17.5. The smallest absolute Gasteiger partial charge is 0.227 e. The van der Waals surface area contributed by atoms with Gasteiger partial charge in [-0.1, -0.05) is 42.5 Å². The Morgan fingerprint density at radius 2 is 1.73 bits per heavy atom. The van der Waals surface area contributed by atoms with Gasteiger partial charge >= 0.3 is 0 Å². The molecule has 3 rings (SSSR count). The monoisotopic (exact) mass is 405 g/mol. The second-order valence-corrected chi connectivity index (χ2v) is 7.35. The maximum Gasteiger partial charge on any atom is 0.227 e. The predicted octanol–water partition coefficient (Wildman–Crippen LogP) is 3.20. The van der Waals surface area contributed by atoms with Crippen LogP contribution in [0.15, 0.2) is 66.9 Å². The van der Waals surface area contributed by atoms with Crippen LogP contribution in [-0.4, -0.2) is 35.7 Å². The van der Waals surface area contributed by atoms with Crippen molar-refractivity contribution >= 4 is 23.3 Å². The summed E-state index contributed by atoms with van der Waals surface area (Å²) in [4.78, 5) is 26.3. The lowest BCUT2D eigenvalue weighted by Gasteiger charge is -2.18. The first-order chi connectivity index (χ1) is 14.4. The van der Waals surface area contributed by atoms with Gasteiger partial charge in [0.2, 0.25) is 11.8 Å². The number of anilines is 2. The number of benzene rings is 2. The topological polar surface area (TPSA) is 79.3 Å². The summed E-state index contributed by atoms with van der Waals surface area (Å²) in [5, 5.41) is 10.1. The molecule has 0 saturated heterocycles. The van der Waals surface area contributed by atoms with Crippen molar-refractivity contribution in [3.8, 4) is 0 Å². The van der Waals surface area contributed by atoms with Gasteiger partial charge in [0.15, 0.2) is 0 Å². The summed E-state index contributed by atoms with van der Waals surface area (Å²) >= 11 is 0. The maximum absolute atomic E-state index is 12.7. The molecular weight excluding hydrogens is 378 g/mol. The van der Waals surface area contributed by atoms with Crippen molar-refractivity contribution in [2.75, 3.05) is 24.3 Å². The summed E-state index contributed by atoms with van der Waals surface area (Å²) in [6, 6.07) is 19.0. The van der Waals surface area contributed by atoms with Crippen LogP contribution in [0, 0.1) is 0 Å². The van der Waals surface area contributed by atoms with E-state index >= 15 is 0 Å². The molecule has 7 nitrogen and oxygen atoms in total. The minimum Gasteiger partial charge on any atom is -0.378 e. The van der Waals surface area contributed by atoms with Crippen LogP contribution in [0.5, 0.6) is 0 Å². The Hall–Kier alpha value is -3.61. The van der Waals surface area contributed by atoms with Gasteiger partial charge in [-0.3, -0.25) is 9.59 Å². The Labute approximate surface area is 176 Å². The van der Waals surface area contributed by atoms with Crippen LogP contribution in [0.4, 0.5) is 11.5 Å². The fourth-order valence-corrected chi connectivity index (χ4v) is 3.20. The maximum atomic E-state index is 12.7. The van der Waals surface area contributed by atoms with Crippen LogP contribution in [0.2, 0.25) is 0 Å². The first-order valence-corrected chi connectivity index (χ1v) is 9.82. The molecule has 7 heteroatoms. The van der Waals surface area contributed by atoms with E-state index in [1.54, 1.807) is 16.9 Å². The SMILES string of the molecule is CC(=O)NC(CC(=O)Nc1ccnn1Cc1ccc(N(C)C)cc1)c1ccccc1. The average molecular weight is 406 g/mol. The van der Waals surface area contributed by atoms with E-state index in [0.29, 0.717) is 12.4 Å². The summed E-state index contributed by atoms with van der Waals surface area (Å²) < 4.78 is 1.75. The molecule has 2 N–H and O–H groups in total. The van der Waals surface area contributed by atoms with Crippen LogP contribution in [0.1, 0.15) is 30.5 Å². The van der Waals surface area contributed by atoms with Gasteiger partial charge in [0.1, 0.15) is 5.82 Å². The molecule has 3 aromatic rings. The van der Waals surface area contributed by atoms with E-state index in [2.05, 4.69) is 27.9 Å². The molecule has 1 atom stereocenters. The van der Waals surface area contributed by atoms with Crippen molar-refractivity contribution in [2.45, 2.75) is 25.9 Å². The van der Waals surface area contributed by atoms with Gasteiger partial charge in [-0.2, -0.15) is 5.10 Å². The molecular formula is C23H27N5O2. The molecule has 0 aliphatic carbocycles. The number of nitrogens with zero attached hydrogens (tertiary/aromatic N) is 3. The van der Waals surface area contributed by atoms with Crippen LogP contribution in [0.3, 0.4) is 0 Å². The Balaban J connectivity index is 1.67. The highest BCUT2D eigenvalue weighted by atomic mass is 16.2. The molecule has 2 amide bonds. The van der Waals surface area contributed by atoms with Crippen LogP contribution >= 0.6 is 0 Å². The molecule has 1 heterocycles. The van der Waals surface area contributed by atoms with Gasteiger partial charge < -0.3 is 15.5 Å². The van der Waals surface area contributed by atoms with E-state index in [1.807, 2.05) is 61.5 Å². The van der Waals surface area contributed by atoms with E-state index in [0.717, 1.165) is 16.8 Å². The third-order valence-corrected chi connectivity index (χ3v) is 4.74. The van der Waals surface area contributed by atoms with E-state index in [4.69, 9.17) is 0 Å². The summed E-state index contributed by atoms with van der Waals surface area (Å²) in [5.74, 6) is 0.247. The van der Waals surface area contributed by atoms with Crippen LogP contribution in [-0.2, 0) is 16.1 Å². The predicted molar refractivity (Wildman–Crippen MR) is 118 cm³/mol. The number of hydrogen-bond donors (Lipinski definition) is 2. The van der Waals surface area contributed by atoms with Crippen molar-refractivity contribution in [1.82, 2.24) is 15.1 Å². The number of nitrogens with one attached hydrogen (secondary N) is 2. The second kappa shape index (κ2) is 9.73. The minimum atomic E-state index is -0.390. The molecule has 2 aromatic carbocycles. The molecule has 30 heavy (non-hydrogen) atoms. The molecule has 1 aromatic heterocycles. The fraction of sp³-hybridized carbons (Fsp3) is 0.261. The Morgan fingerprint density at radius 3 is 2.37 bits per heavy atom. The summed E-state index contributed by atoms with van der Waals surface area (Å²) in [6.45, 7) is 1.99. The summed E-state index contributed by atoms with van der Waals surface area (Å²) in [5.41, 5.74) is 3.09. The zero-order valence-corrected chi connectivity index (χ0v) is 17.5. The largest absolute Gasteiger partial charge is 0.378 e. The molecule has 156 valence electrons. The van der Waals surface area contributed by atoms with Crippen molar-refractivity contribution in [2.24, 2.45) is 0 Å². The number of carbonyl (C=O) groups excluding carboxylic acids is 2. The van der Waals surface area contributed by atoms with E-state index in [1.165, 1.54) is 6.92 Å². The first-order valence-electron chi connectivity index (χ1n) is 9.82. The normalized spacial score (nSPS) is 11.6.